The SMILES string of the molecule is Cc1ccc(OC2O[C@H](CO)[C@@H](O)[C@H](O)[C@H]2O)cc1. The van der Waals surface area contributed by atoms with Gasteiger partial charge in [0.1, 0.15) is 30.2 Å². The van der Waals surface area contributed by atoms with E-state index in [4.69, 9.17) is 14.6 Å². The van der Waals surface area contributed by atoms with E-state index < -0.39 is 37.3 Å². The minimum absolute atomic E-state index is 0.468. The zero-order valence-corrected chi connectivity index (χ0v) is 10.5. The number of benzene rings is 1. The third-order valence-electron chi connectivity index (χ3n) is 3.12. The van der Waals surface area contributed by atoms with Crippen LogP contribution >= 0.6 is 0 Å². The lowest BCUT2D eigenvalue weighted by atomic mass is 9.99. The molecular formula is C13H18O6. The molecule has 0 aromatic heterocycles. The van der Waals surface area contributed by atoms with Gasteiger partial charge in [-0.05, 0) is 19.1 Å². The molecule has 0 saturated carbocycles. The number of aliphatic hydroxyl groups excluding tert-OH is 4. The molecule has 5 atom stereocenters. The average Bonchev–Trinajstić information content (AvgIpc) is 2.42. The largest absolute Gasteiger partial charge is 0.462 e. The minimum Gasteiger partial charge on any atom is -0.462 e. The smallest absolute Gasteiger partial charge is 0.229 e. The van der Waals surface area contributed by atoms with Crippen molar-refractivity contribution in [1.82, 2.24) is 0 Å². The van der Waals surface area contributed by atoms with Crippen LogP contribution in [0.1, 0.15) is 5.56 Å². The highest BCUT2D eigenvalue weighted by Gasteiger charge is 2.44. The molecule has 19 heavy (non-hydrogen) atoms. The number of rotatable bonds is 3. The van der Waals surface area contributed by atoms with E-state index in [1.807, 2.05) is 19.1 Å². The van der Waals surface area contributed by atoms with E-state index in [1.165, 1.54) is 0 Å². The molecule has 1 aromatic rings. The van der Waals surface area contributed by atoms with Gasteiger partial charge in [-0.3, -0.25) is 0 Å². The summed E-state index contributed by atoms with van der Waals surface area (Å²) < 4.78 is 10.7. The van der Waals surface area contributed by atoms with E-state index in [2.05, 4.69) is 0 Å². The van der Waals surface area contributed by atoms with Crippen molar-refractivity contribution in [2.24, 2.45) is 0 Å². The Kier molecular flexibility index (Phi) is 4.38. The molecule has 1 saturated heterocycles. The second-order valence-electron chi connectivity index (χ2n) is 4.63. The Hall–Kier alpha value is -1.18. The van der Waals surface area contributed by atoms with E-state index in [0.29, 0.717) is 5.75 Å². The number of hydrogen-bond donors (Lipinski definition) is 4. The minimum atomic E-state index is -1.43. The van der Waals surface area contributed by atoms with E-state index in [9.17, 15) is 15.3 Å². The molecule has 1 unspecified atom stereocenters. The van der Waals surface area contributed by atoms with Gasteiger partial charge in [-0.15, -0.1) is 0 Å². The van der Waals surface area contributed by atoms with Crippen molar-refractivity contribution in [3.05, 3.63) is 29.8 Å². The number of hydrogen-bond acceptors (Lipinski definition) is 6. The highest BCUT2D eigenvalue weighted by atomic mass is 16.7. The van der Waals surface area contributed by atoms with Crippen LogP contribution in [0.4, 0.5) is 0 Å². The van der Waals surface area contributed by atoms with E-state index >= 15 is 0 Å². The van der Waals surface area contributed by atoms with Gasteiger partial charge < -0.3 is 29.9 Å². The van der Waals surface area contributed by atoms with Crippen LogP contribution in [0.2, 0.25) is 0 Å². The molecule has 1 aliphatic rings. The number of aliphatic hydroxyl groups is 4. The van der Waals surface area contributed by atoms with E-state index in [-0.39, 0.29) is 0 Å². The van der Waals surface area contributed by atoms with Crippen LogP contribution in [0, 0.1) is 6.92 Å². The third-order valence-corrected chi connectivity index (χ3v) is 3.12. The lowest BCUT2D eigenvalue weighted by Crippen LogP contribution is -2.60. The van der Waals surface area contributed by atoms with Gasteiger partial charge in [0, 0.05) is 0 Å². The summed E-state index contributed by atoms with van der Waals surface area (Å²) in [4.78, 5) is 0. The molecule has 1 heterocycles. The van der Waals surface area contributed by atoms with Crippen LogP contribution in [0.5, 0.6) is 5.75 Å². The Morgan fingerprint density at radius 2 is 1.68 bits per heavy atom. The van der Waals surface area contributed by atoms with Gasteiger partial charge in [-0.2, -0.15) is 0 Å². The predicted octanol–water partition coefficient (Wildman–Crippen LogP) is -0.826. The first-order chi connectivity index (χ1) is 9.02. The maximum Gasteiger partial charge on any atom is 0.229 e. The fraction of sp³-hybridized carbons (Fsp3) is 0.538. The monoisotopic (exact) mass is 270 g/mol. The predicted molar refractivity (Wildman–Crippen MR) is 65.6 cm³/mol. The Bertz CT molecular complexity index is 404. The molecule has 1 fully saturated rings. The fourth-order valence-corrected chi connectivity index (χ4v) is 1.92. The first-order valence-corrected chi connectivity index (χ1v) is 6.07. The summed E-state index contributed by atoms with van der Waals surface area (Å²) in [7, 11) is 0. The lowest BCUT2D eigenvalue weighted by molar-refractivity contribution is -0.277. The van der Waals surface area contributed by atoms with Crippen molar-refractivity contribution in [2.75, 3.05) is 6.61 Å². The normalized spacial score (nSPS) is 35.1. The van der Waals surface area contributed by atoms with Crippen LogP contribution < -0.4 is 4.74 Å². The molecule has 0 bridgehead atoms. The summed E-state index contributed by atoms with van der Waals surface area (Å²) in [5, 5.41) is 38.1. The van der Waals surface area contributed by atoms with Crippen molar-refractivity contribution in [3.8, 4) is 5.75 Å². The summed E-state index contributed by atoms with van der Waals surface area (Å²) >= 11 is 0. The van der Waals surface area contributed by atoms with Gasteiger partial charge in [-0.1, -0.05) is 17.7 Å². The summed E-state index contributed by atoms with van der Waals surface area (Å²) in [5.74, 6) is 0.468. The van der Waals surface area contributed by atoms with Crippen LogP contribution in [0.15, 0.2) is 24.3 Å². The van der Waals surface area contributed by atoms with Crippen LogP contribution in [0.3, 0.4) is 0 Å². The summed E-state index contributed by atoms with van der Waals surface area (Å²) in [6.45, 7) is 1.45. The second kappa shape index (κ2) is 5.85. The van der Waals surface area contributed by atoms with Crippen LogP contribution in [-0.2, 0) is 4.74 Å². The average molecular weight is 270 g/mol. The molecule has 1 aromatic carbocycles. The molecule has 106 valence electrons. The molecule has 4 N–H and O–H groups in total. The van der Waals surface area contributed by atoms with E-state index in [0.717, 1.165) is 5.56 Å². The molecule has 0 radical (unpaired) electrons. The van der Waals surface area contributed by atoms with Crippen molar-refractivity contribution < 1.29 is 29.9 Å². The van der Waals surface area contributed by atoms with Crippen molar-refractivity contribution >= 4 is 0 Å². The first-order valence-electron chi connectivity index (χ1n) is 6.07. The van der Waals surface area contributed by atoms with Crippen LogP contribution in [-0.4, -0.2) is 57.7 Å². The van der Waals surface area contributed by atoms with Crippen molar-refractivity contribution in [3.63, 3.8) is 0 Å². The Labute approximate surface area is 110 Å². The molecule has 2 rings (SSSR count). The molecule has 6 heteroatoms. The second-order valence-corrected chi connectivity index (χ2v) is 4.63. The Morgan fingerprint density at radius 3 is 2.26 bits per heavy atom. The standard InChI is InChI=1S/C13H18O6/c1-7-2-4-8(5-3-7)18-13-12(17)11(16)10(15)9(6-14)19-13/h2-5,9-17H,6H2,1H3/t9-,10-,11+,12-,13?/m1/s1. The maximum absolute atomic E-state index is 9.80. The quantitative estimate of drug-likeness (QED) is 0.572. The van der Waals surface area contributed by atoms with E-state index in [1.54, 1.807) is 12.1 Å². The van der Waals surface area contributed by atoms with Crippen molar-refractivity contribution in [1.29, 1.82) is 0 Å². The lowest BCUT2D eigenvalue weighted by Gasteiger charge is -2.39. The Morgan fingerprint density at radius 1 is 1.05 bits per heavy atom. The van der Waals surface area contributed by atoms with Crippen LogP contribution in [0.25, 0.3) is 0 Å². The summed E-state index contributed by atoms with van der Waals surface area (Å²) in [6.07, 6.45) is -6.30. The van der Waals surface area contributed by atoms with Gasteiger partial charge in [-0.25, -0.2) is 0 Å². The van der Waals surface area contributed by atoms with Crippen molar-refractivity contribution in [2.45, 2.75) is 37.6 Å². The molecule has 1 aliphatic heterocycles. The van der Waals surface area contributed by atoms with Gasteiger partial charge in [0.15, 0.2) is 0 Å². The topological polar surface area (TPSA) is 99.4 Å². The van der Waals surface area contributed by atoms with Gasteiger partial charge in [0.2, 0.25) is 6.29 Å². The summed E-state index contributed by atoms with van der Waals surface area (Å²) in [6, 6.07) is 7.08. The summed E-state index contributed by atoms with van der Waals surface area (Å²) in [5.41, 5.74) is 1.06. The van der Waals surface area contributed by atoms with Gasteiger partial charge >= 0.3 is 0 Å². The number of ether oxygens (including phenoxy) is 2. The molecular weight excluding hydrogens is 252 g/mol. The molecule has 0 spiro atoms. The zero-order chi connectivity index (χ0) is 14.0. The van der Waals surface area contributed by atoms with Gasteiger partial charge in [0.05, 0.1) is 6.61 Å². The molecule has 0 amide bonds. The Balaban J connectivity index is 2.08. The zero-order valence-electron chi connectivity index (χ0n) is 10.5. The van der Waals surface area contributed by atoms with Gasteiger partial charge in [0.25, 0.3) is 0 Å². The first kappa shape index (κ1) is 14.2. The fourth-order valence-electron chi connectivity index (χ4n) is 1.92. The third kappa shape index (κ3) is 3.05. The molecule has 0 aliphatic carbocycles. The molecule has 6 nitrogen and oxygen atoms in total. The highest BCUT2D eigenvalue weighted by Crippen LogP contribution is 2.24. The maximum atomic E-state index is 9.80. The highest BCUT2D eigenvalue weighted by molar-refractivity contribution is 5.26. The number of aryl methyl sites for hydroxylation is 1.